The maximum absolute atomic E-state index is 13.9. The van der Waals surface area contributed by atoms with Crippen molar-refractivity contribution in [1.29, 1.82) is 0 Å². The zero-order valence-corrected chi connectivity index (χ0v) is 19.9. The van der Waals surface area contributed by atoms with Crippen molar-refractivity contribution in [2.24, 2.45) is 0 Å². The van der Waals surface area contributed by atoms with Crippen molar-refractivity contribution < 1.29 is 14.3 Å². The molecule has 2 aromatic carbocycles. The van der Waals surface area contributed by atoms with Gasteiger partial charge in [-0.05, 0) is 38.0 Å². The van der Waals surface area contributed by atoms with Crippen LogP contribution in [0.2, 0.25) is 0 Å². The van der Waals surface area contributed by atoms with E-state index in [4.69, 9.17) is 4.74 Å². The Morgan fingerprint density at radius 3 is 2.56 bits per heavy atom. The number of hydrogen-bond acceptors (Lipinski definition) is 4. The third-order valence-corrected chi connectivity index (χ3v) is 7.35. The smallest absolute Gasteiger partial charge is 0.291 e. The first-order valence-corrected chi connectivity index (χ1v) is 12.2. The molecule has 1 aliphatic carbocycles. The predicted octanol–water partition coefficient (Wildman–Crippen LogP) is 4.30. The van der Waals surface area contributed by atoms with Gasteiger partial charge in [-0.15, -0.1) is 0 Å². The monoisotopic (exact) mass is 460 g/mol. The molecule has 0 saturated heterocycles. The van der Waals surface area contributed by atoms with Crippen LogP contribution in [0, 0.1) is 0 Å². The lowest BCUT2D eigenvalue weighted by molar-refractivity contribution is -0.134. The van der Waals surface area contributed by atoms with Gasteiger partial charge in [-0.2, -0.15) is 0 Å². The second kappa shape index (κ2) is 9.12. The molecule has 0 radical (unpaired) electrons. The Kier molecular flexibility index (Phi) is 6.02. The Bertz CT molecular complexity index is 1210. The predicted molar refractivity (Wildman–Crippen MR) is 131 cm³/mol. The Balaban J connectivity index is 1.55. The summed E-state index contributed by atoms with van der Waals surface area (Å²) in [5, 5.41) is 3.31. The Hall–Kier alpha value is -3.35. The number of nitrogens with zero attached hydrogens (tertiary/aromatic N) is 3. The van der Waals surface area contributed by atoms with Gasteiger partial charge in [0.1, 0.15) is 11.3 Å². The van der Waals surface area contributed by atoms with E-state index < -0.39 is 5.54 Å². The number of aromatic nitrogens is 2. The molecule has 0 bridgehead atoms. The van der Waals surface area contributed by atoms with Gasteiger partial charge in [-0.1, -0.05) is 56.0 Å². The fraction of sp³-hybridized carbons (Fsp3) is 0.444. The summed E-state index contributed by atoms with van der Waals surface area (Å²) in [5.74, 6) is 0.717. The van der Waals surface area contributed by atoms with Crippen LogP contribution in [0.3, 0.4) is 0 Å². The molecule has 178 valence electrons. The molecule has 7 nitrogen and oxygen atoms in total. The normalized spacial score (nSPS) is 21.2. The summed E-state index contributed by atoms with van der Waals surface area (Å²) >= 11 is 0. The maximum atomic E-state index is 13.9. The minimum Gasteiger partial charge on any atom is -0.496 e. The van der Waals surface area contributed by atoms with E-state index in [-0.39, 0.29) is 24.4 Å². The summed E-state index contributed by atoms with van der Waals surface area (Å²) < 4.78 is 7.45. The van der Waals surface area contributed by atoms with Gasteiger partial charge in [-0.3, -0.25) is 9.59 Å². The third-order valence-electron chi connectivity index (χ3n) is 7.35. The summed E-state index contributed by atoms with van der Waals surface area (Å²) in [7, 11) is 1.62. The molecule has 34 heavy (non-hydrogen) atoms. The van der Waals surface area contributed by atoms with E-state index in [0.29, 0.717) is 18.1 Å². The van der Waals surface area contributed by atoms with E-state index in [1.807, 2.05) is 60.0 Å². The SMILES string of the molecule is COc1ccccc1CN1C(=O)c2nc3ccccc3n2C[C@]1(C)C(=O)NC1CCCCCC1. The van der Waals surface area contributed by atoms with E-state index >= 15 is 0 Å². The van der Waals surface area contributed by atoms with Crippen LogP contribution in [0.1, 0.15) is 61.6 Å². The molecule has 2 heterocycles. The largest absolute Gasteiger partial charge is 0.496 e. The molecule has 1 saturated carbocycles. The lowest BCUT2D eigenvalue weighted by atomic mass is 9.93. The van der Waals surface area contributed by atoms with Gasteiger partial charge >= 0.3 is 0 Å². The average molecular weight is 461 g/mol. The molecule has 1 aromatic heterocycles. The van der Waals surface area contributed by atoms with Gasteiger partial charge in [0.2, 0.25) is 5.91 Å². The number of hydrogen-bond donors (Lipinski definition) is 1. The van der Waals surface area contributed by atoms with E-state index in [2.05, 4.69) is 10.3 Å². The number of ether oxygens (including phenoxy) is 1. The fourth-order valence-electron chi connectivity index (χ4n) is 5.35. The summed E-state index contributed by atoms with van der Waals surface area (Å²) in [4.78, 5) is 34.1. The zero-order chi connectivity index (χ0) is 23.7. The van der Waals surface area contributed by atoms with Gasteiger partial charge in [-0.25, -0.2) is 4.98 Å². The van der Waals surface area contributed by atoms with E-state index in [0.717, 1.165) is 42.3 Å². The van der Waals surface area contributed by atoms with Crippen LogP contribution < -0.4 is 10.1 Å². The number of benzene rings is 2. The number of amides is 2. The molecule has 0 spiro atoms. The topological polar surface area (TPSA) is 76.5 Å². The van der Waals surface area contributed by atoms with Crippen LogP contribution in [0.25, 0.3) is 11.0 Å². The molecule has 5 rings (SSSR count). The third kappa shape index (κ3) is 3.93. The van der Waals surface area contributed by atoms with Gasteiger partial charge < -0.3 is 19.5 Å². The highest BCUT2D eigenvalue weighted by Gasteiger charge is 2.49. The Morgan fingerprint density at radius 2 is 1.79 bits per heavy atom. The first-order chi connectivity index (χ1) is 16.5. The van der Waals surface area contributed by atoms with Crippen molar-refractivity contribution in [3.8, 4) is 5.75 Å². The van der Waals surface area contributed by atoms with E-state index in [1.54, 1.807) is 12.0 Å². The molecule has 2 amide bonds. The first-order valence-electron chi connectivity index (χ1n) is 12.2. The molecule has 1 atom stereocenters. The van der Waals surface area contributed by atoms with Crippen molar-refractivity contribution >= 4 is 22.8 Å². The number of rotatable bonds is 5. The van der Waals surface area contributed by atoms with Crippen molar-refractivity contribution in [1.82, 2.24) is 19.8 Å². The number of para-hydroxylation sites is 3. The second-order valence-corrected chi connectivity index (χ2v) is 9.65. The number of carbonyl (C=O) groups excluding carboxylic acids is 2. The average Bonchev–Trinajstić information content (AvgIpc) is 3.02. The number of fused-ring (bicyclic) bond motifs is 3. The van der Waals surface area contributed by atoms with Gasteiger partial charge in [0.15, 0.2) is 5.82 Å². The van der Waals surface area contributed by atoms with E-state index in [1.165, 1.54) is 12.8 Å². The summed E-state index contributed by atoms with van der Waals surface area (Å²) in [6, 6.07) is 15.5. The second-order valence-electron chi connectivity index (χ2n) is 9.65. The van der Waals surface area contributed by atoms with Crippen molar-refractivity contribution in [2.75, 3.05) is 7.11 Å². The number of carbonyl (C=O) groups is 2. The molecular formula is C27H32N4O3. The van der Waals surface area contributed by atoms with Crippen LogP contribution in [0.5, 0.6) is 5.75 Å². The van der Waals surface area contributed by atoms with Crippen LogP contribution in [0.15, 0.2) is 48.5 Å². The number of nitrogens with one attached hydrogen (secondary N) is 1. The summed E-state index contributed by atoms with van der Waals surface area (Å²) in [6.07, 6.45) is 6.66. The van der Waals surface area contributed by atoms with Crippen LogP contribution in [0.4, 0.5) is 0 Å². The fourth-order valence-corrected chi connectivity index (χ4v) is 5.35. The molecule has 7 heteroatoms. The van der Waals surface area contributed by atoms with Crippen LogP contribution in [-0.4, -0.2) is 45.0 Å². The lowest BCUT2D eigenvalue weighted by Crippen LogP contribution is -2.64. The van der Waals surface area contributed by atoms with Crippen molar-refractivity contribution in [3.63, 3.8) is 0 Å². The quantitative estimate of drug-likeness (QED) is 0.576. The minimum absolute atomic E-state index is 0.105. The van der Waals surface area contributed by atoms with Crippen LogP contribution >= 0.6 is 0 Å². The van der Waals surface area contributed by atoms with Crippen LogP contribution in [-0.2, 0) is 17.9 Å². The first kappa shape index (κ1) is 22.4. The molecule has 1 fully saturated rings. The summed E-state index contributed by atoms with van der Waals surface area (Å²) in [6.45, 7) is 2.49. The molecule has 0 unspecified atom stereocenters. The zero-order valence-electron chi connectivity index (χ0n) is 19.9. The highest BCUT2D eigenvalue weighted by molar-refractivity contribution is 6.01. The molecular weight excluding hydrogens is 428 g/mol. The number of imidazole rings is 1. The van der Waals surface area contributed by atoms with Gasteiger partial charge in [0, 0.05) is 11.6 Å². The Morgan fingerprint density at radius 1 is 1.09 bits per heavy atom. The number of methoxy groups -OCH3 is 1. The standard InChI is InChI=1S/C27H32N4O3/c1-27(26(33)28-20-12-5-3-4-6-13-20)18-30-22-15-9-8-14-21(22)29-24(30)25(32)31(27)17-19-11-7-10-16-23(19)34-2/h7-11,14-16,20H,3-6,12-13,17-18H2,1-2H3,(H,28,33)/t27-/m1/s1. The summed E-state index contributed by atoms with van der Waals surface area (Å²) in [5.41, 5.74) is 1.42. The maximum Gasteiger partial charge on any atom is 0.291 e. The van der Waals surface area contributed by atoms with Crippen molar-refractivity contribution in [2.45, 2.75) is 70.1 Å². The van der Waals surface area contributed by atoms with E-state index in [9.17, 15) is 9.59 Å². The molecule has 1 N–H and O–H groups in total. The molecule has 1 aliphatic heterocycles. The van der Waals surface area contributed by atoms with Crippen molar-refractivity contribution in [3.05, 3.63) is 59.9 Å². The van der Waals surface area contributed by atoms with Gasteiger partial charge in [0.05, 0.1) is 31.2 Å². The highest BCUT2D eigenvalue weighted by Crippen LogP contribution is 2.33. The lowest BCUT2D eigenvalue weighted by Gasteiger charge is -2.44. The minimum atomic E-state index is -1.07. The van der Waals surface area contributed by atoms with Gasteiger partial charge in [0.25, 0.3) is 5.91 Å². The molecule has 2 aliphatic rings. The highest BCUT2D eigenvalue weighted by atomic mass is 16.5. The molecule has 3 aromatic rings. The Labute approximate surface area is 200 Å².